The smallest absolute Gasteiger partial charge is 0.312 e. The summed E-state index contributed by atoms with van der Waals surface area (Å²) in [6.45, 7) is 0.992. The molecule has 0 saturated carbocycles. The summed E-state index contributed by atoms with van der Waals surface area (Å²) < 4.78 is 0. The molecule has 10 heteroatoms. The van der Waals surface area contributed by atoms with Crippen molar-refractivity contribution in [1.82, 2.24) is 15.5 Å². The van der Waals surface area contributed by atoms with E-state index in [-0.39, 0.29) is 18.3 Å². The van der Waals surface area contributed by atoms with Gasteiger partial charge in [0.2, 0.25) is 5.91 Å². The van der Waals surface area contributed by atoms with Crippen LogP contribution in [0, 0.1) is 5.41 Å². The molecule has 10 nitrogen and oxygen atoms in total. The van der Waals surface area contributed by atoms with E-state index in [0.717, 1.165) is 22.3 Å². The van der Waals surface area contributed by atoms with Crippen molar-refractivity contribution < 1.29 is 14.4 Å². The van der Waals surface area contributed by atoms with Crippen molar-refractivity contribution >= 4 is 23.7 Å². The molecule has 9 N–H and O–H groups in total. The standard InChI is InChI=1S/C30H37N7O3/c31-28(39)25(12-7-17-35-29(32)33)37(19-22-15-13-21(14-16-22)18-36-30(34)40)20-26(38)27(23-8-3-1-4-9-23)24-10-5-2-6-11-24/h1-6,8-11,13-16,25,27H,7,12,17-20H2,(H2,31,39)(H4,32,33,35)(H3,34,36,40)/t25-/m1/s1. The second-order valence-electron chi connectivity index (χ2n) is 9.56. The summed E-state index contributed by atoms with van der Waals surface area (Å²) in [5.41, 5.74) is 19.9. The number of amides is 3. The van der Waals surface area contributed by atoms with Crippen LogP contribution in [0.2, 0.25) is 0 Å². The molecule has 1 atom stereocenters. The first-order valence-corrected chi connectivity index (χ1v) is 13.1. The van der Waals surface area contributed by atoms with Crippen molar-refractivity contribution in [3.63, 3.8) is 0 Å². The highest BCUT2D eigenvalue weighted by Crippen LogP contribution is 2.27. The molecule has 0 heterocycles. The van der Waals surface area contributed by atoms with E-state index in [1.807, 2.05) is 89.8 Å². The van der Waals surface area contributed by atoms with E-state index < -0.39 is 23.9 Å². The quantitative estimate of drug-likeness (QED) is 0.0970. The van der Waals surface area contributed by atoms with Crippen molar-refractivity contribution in [2.75, 3.05) is 13.1 Å². The molecule has 3 aromatic rings. The van der Waals surface area contributed by atoms with Gasteiger partial charge >= 0.3 is 6.03 Å². The number of hydrogen-bond acceptors (Lipinski definition) is 5. The zero-order chi connectivity index (χ0) is 28.9. The van der Waals surface area contributed by atoms with Gasteiger partial charge < -0.3 is 27.8 Å². The van der Waals surface area contributed by atoms with Crippen LogP contribution in [0.4, 0.5) is 4.79 Å². The lowest BCUT2D eigenvalue weighted by molar-refractivity contribution is -0.126. The van der Waals surface area contributed by atoms with Gasteiger partial charge in [-0.05, 0) is 35.1 Å². The Hall–Kier alpha value is -4.70. The van der Waals surface area contributed by atoms with Crippen LogP contribution >= 0.6 is 0 Å². The number of Topliss-reactive ketones (excluding diaryl/α,β-unsaturated/α-hetero) is 1. The van der Waals surface area contributed by atoms with E-state index in [9.17, 15) is 14.4 Å². The maximum absolute atomic E-state index is 14.0. The summed E-state index contributed by atoms with van der Waals surface area (Å²) in [4.78, 5) is 39.5. The minimum absolute atomic E-state index is 0.00676. The summed E-state index contributed by atoms with van der Waals surface area (Å²) in [6.07, 6.45) is 0.904. The number of carbonyl (C=O) groups excluding carboxylic acids is 3. The highest BCUT2D eigenvalue weighted by atomic mass is 16.2. The fourth-order valence-corrected chi connectivity index (χ4v) is 4.63. The molecule has 3 aromatic carbocycles. The van der Waals surface area contributed by atoms with Gasteiger partial charge in [-0.3, -0.25) is 19.9 Å². The SMILES string of the molecule is N=C(N)NCCC[C@H](C(N)=O)N(CC(=O)C(c1ccccc1)c1ccccc1)Cc1ccc(CNC(N)=O)cc1. The third-order valence-electron chi connectivity index (χ3n) is 6.56. The Labute approximate surface area is 234 Å². The third-order valence-corrected chi connectivity index (χ3v) is 6.56. The number of primary amides is 2. The van der Waals surface area contributed by atoms with Crippen LogP contribution in [0.25, 0.3) is 0 Å². The van der Waals surface area contributed by atoms with Crippen molar-refractivity contribution in [2.45, 2.75) is 37.9 Å². The summed E-state index contributed by atoms with van der Waals surface area (Å²) in [7, 11) is 0. The Balaban J connectivity index is 1.88. The third kappa shape index (κ3) is 9.25. The molecule has 0 fully saturated rings. The van der Waals surface area contributed by atoms with E-state index in [0.29, 0.717) is 32.5 Å². The summed E-state index contributed by atoms with van der Waals surface area (Å²) in [6, 6.07) is 25.3. The molecule has 0 aliphatic heterocycles. The normalized spacial score (nSPS) is 11.7. The van der Waals surface area contributed by atoms with Crippen molar-refractivity contribution in [2.24, 2.45) is 17.2 Å². The number of benzene rings is 3. The minimum atomic E-state index is -0.721. The second-order valence-corrected chi connectivity index (χ2v) is 9.56. The van der Waals surface area contributed by atoms with Gasteiger partial charge in [-0.25, -0.2) is 4.79 Å². The number of hydrogen-bond donors (Lipinski definition) is 6. The number of nitrogens with one attached hydrogen (secondary N) is 3. The molecule has 210 valence electrons. The predicted octanol–water partition coefficient (Wildman–Crippen LogP) is 2.18. The number of urea groups is 1. The Kier molecular flexibility index (Phi) is 11.2. The lowest BCUT2D eigenvalue weighted by atomic mass is 9.87. The number of carbonyl (C=O) groups is 3. The maximum atomic E-state index is 14.0. The fourth-order valence-electron chi connectivity index (χ4n) is 4.63. The van der Waals surface area contributed by atoms with E-state index in [4.69, 9.17) is 22.6 Å². The topological polar surface area (TPSA) is 180 Å². The molecular formula is C30H37N7O3. The Morgan fingerprint density at radius 3 is 1.82 bits per heavy atom. The van der Waals surface area contributed by atoms with E-state index in [1.54, 1.807) is 0 Å². The van der Waals surface area contributed by atoms with Crippen molar-refractivity contribution in [1.29, 1.82) is 5.41 Å². The molecule has 0 radical (unpaired) electrons. The first kappa shape index (κ1) is 29.9. The van der Waals surface area contributed by atoms with Crippen LogP contribution in [0.3, 0.4) is 0 Å². The maximum Gasteiger partial charge on any atom is 0.312 e. The van der Waals surface area contributed by atoms with E-state index in [1.165, 1.54) is 0 Å². The molecule has 3 amide bonds. The molecule has 0 bridgehead atoms. The summed E-state index contributed by atoms with van der Waals surface area (Å²) in [5, 5.41) is 12.7. The van der Waals surface area contributed by atoms with Gasteiger partial charge in [-0.2, -0.15) is 0 Å². The second kappa shape index (κ2) is 15.0. The van der Waals surface area contributed by atoms with Crippen LogP contribution in [-0.2, 0) is 22.7 Å². The summed E-state index contributed by atoms with van der Waals surface area (Å²) in [5.74, 6) is -1.26. The van der Waals surface area contributed by atoms with Crippen LogP contribution in [0.15, 0.2) is 84.9 Å². The monoisotopic (exact) mass is 543 g/mol. The van der Waals surface area contributed by atoms with Gasteiger partial charge in [0.1, 0.15) is 0 Å². The highest BCUT2D eigenvalue weighted by Gasteiger charge is 2.30. The molecule has 0 unspecified atom stereocenters. The summed E-state index contributed by atoms with van der Waals surface area (Å²) >= 11 is 0. The lowest BCUT2D eigenvalue weighted by Gasteiger charge is -2.31. The number of nitrogens with two attached hydrogens (primary N) is 3. The molecule has 0 spiro atoms. The molecular weight excluding hydrogens is 506 g/mol. The Bertz CT molecular complexity index is 1230. The van der Waals surface area contributed by atoms with Gasteiger partial charge in [0.25, 0.3) is 0 Å². The highest BCUT2D eigenvalue weighted by molar-refractivity contribution is 5.91. The minimum Gasteiger partial charge on any atom is -0.370 e. The zero-order valence-corrected chi connectivity index (χ0v) is 22.4. The average Bonchev–Trinajstić information content (AvgIpc) is 2.93. The number of ketones is 1. The average molecular weight is 544 g/mol. The predicted molar refractivity (Wildman–Crippen MR) is 155 cm³/mol. The lowest BCUT2D eigenvalue weighted by Crippen LogP contribution is -2.47. The molecule has 0 aliphatic rings. The van der Waals surface area contributed by atoms with E-state index in [2.05, 4.69) is 10.6 Å². The van der Waals surface area contributed by atoms with Crippen molar-refractivity contribution in [3.05, 3.63) is 107 Å². The van der Waals surface area contributed by atoms with Crippen molar-refractivity contribution in [3.8, 4) is 0 Å². The van der Waals surface area contributed by atoms with Crippen LogP contribution in [0.1, 0.15) is 41.0 Å². The largest absolute Gasteiger partial charge is 0.370 e. The van der Waals surface area contributed by atoms with Gasteiger partial charge in [0.05, 0.1) is 18.5 Å². The molecule has 0 saturated heterocycles. The van der Waals surface area contributed by atoms with Gasteiger partial charge in [0.15, 0.2) is 11.7 Å². The molecule has 0 aliphatic carbocycles. The van der Waals surface area contributed by atoms with E-state index >= 15 is 0 Å². The van der Waals surface area contributed by atoms with Gasteiger partial charge in [0, 0.05) is 19.6 Å². The number of rotatable bonds is 15. The first-order valence-electron chi connectivity index (χ1n) is 13.1. The van der Waals surface area contributed by atoms with Crippen LogP contribution < -0.4 is 27.8 Å². The van der Waals surface area contributed by atoms with Gasteiger partial charge in [-0.15, -0.1) is 0 Å². The zero-order valence-electron chi connectivity index (χ0n) is 22.4. The fraction of sp³-hybridized carbons (Fsp3) is 0.267. The first-order chi connectivity index (χ1) is 19.2. The number of guanidine groups is 1. The number of nitrogens with zero attached hydrogens (tertiary/aromatic N) is 1. The molecule has 40 heavy (non-hydrogen) atoms. The van der Waals surface area contributed by atoms with Crippen LogP contribution in [-0.4, -0.2) is 47.7 Å². The Morgan fingerprint density at radius 2 is 1.32 bits per heavy atom. The molecule has 0 aromatic heterocycles. The molecule has 3 rings (SSSR count). The van der Waals surface area contributed by atoms with Crippen LogP contribution in [0.5, 0.6) is 0 Å². The Morgan fingerprint density at radius 1 is 0.775 bits per heavy atom. The van der Waals surface area contributed by atoms with Gasteiger partial charge in [-0.1, -0.05) is 84.9 Å².